The van der Waals surface area contributed by atoms with Crippen LogP contribution in [0.4, 0.5) is 0 Å². The Kier molecular flexibility index (Phi) is 3.68. The Labute approximate surface area is 77.4 Å². The van der Waals surface area contributed by atoms with Crippen LogP contribution in [-0.2, 0) is 9.59 Å². The van der Waals surface area contributed by atoms with E-state index in [4.69, 9.17) is 5.11 Å². The molecule has 1 aliphatic carbocycles. The molecule has 0 heterocycles. The van der Waals surface area contributed by atoms with Crippen molar-refractivity contribution in [1.29, 1.82) is 0 Å². The summed E-state index contributed by atoms with van der Waals surface area (Å²) in [4.78, 5) is 20.9. The van der Waals surface area contributed by atoms with Crippen LogP contribution in [0.3, 0.4) is 0 Å². The number of carbonyl (C=O) groups is 2. The minimum atomic E-state index is -0.935. The van der Waals surface area contributed by atoms with Gasteiger partial charge in [-0.3, -0.25) is 0 Å². The third-order valence-corrected chi connectivity index (χ3v) is 2.54. The van der Waals surface area contributed by atoms with Gasteiger partial charge >= 0.3 is 5.97 Å². The molecule has 1 N–H and O–H groups in total. The van der Waals surface area contributed by atoms with Gasteiger partial charge in [0.2, 0.25) is 0 Å². The van der Waals surface area contributed by atoms with Crippen LogP contribution in [0.15, 0.2) is 12.2 Å². The van der Waals surface area contributed by atoms with E-state index in [0.717, 1.165) is 38.0 Å². The highest BCUT2D eigenvalue weighted by atomic mass is 16.4. The van der Waals surface area contributed by atoms with E-state index in [1.165, 1.54) is 0 Å². The molecule has 0 aromatic carbocycles. The lowest BCUT2D eigenvalue weighted by molar-refractivity contribution is -0.131. The SMILES string of the molecule is O=CC1CCCCC1C=CC(=O)O. The summed E-state index contributed by atoms with van der Waals surface area (Å²) in [6.45, 7) is 0. The van der Waals surface area contributed by atoms with Crippen molar-refractivity contribution in [3.05, 3.63) is 12.2 Å². The molecule has 13 heavy (non-hydrogen) atoms. The maximum absolute atomic E-state index is 10.6. The van der Waals surface area contributed by atoms with Crippen LogP contribution in [0.5, 0.6) is 0 Å². The molecule has 0 aliphatic heterocycles. The molecule has 1 rings (SSSR count). The third kappa shape index (κ3) is 3.01. The fourth-order valence-corrected chi connectivity index (χ4v) is 1.80. The zero-order chi connectivity index (χ0) is 9.68. The van der Waals surface area contributed by atoms with E-state index in [-0.39, 0.29) is 11.8 Å². The molecule has 2 unspecified atom stereocenters. The van der Waals surface area contributed by atoms with Crippen molar-refractivity contribution in [2.75, 3.05) is 0 Å². The van der Waals surface area contributed by atoms with Gasteiger partial charge in [-0.2, -0.15) is 0 Å². The summed E-state index contributed by atoms with van der Waals surface area (Å²) in [5.74, 6) is -0.762. The standard InChI is InChI=1S/C10H14O3/c11-7-9-4-2-1-3-8(9)5-6-10(12)13/h5-9H,1-4H2,(H,12,13). The molecule has 0 bridgehead atoms. The molecule has 0 radical (unpaired) electrons. The summed E-state index contributed by atoms with van der Waals surface area (Å²) in [5, 5.41) is 8.43. The van der Waals surface area contributed by atoms with E-state index in [1.54, 1.807) is 6.08 Å². The first kappa shape index (κ1) is 9.96. The van der Waals surface area contributed by atoms with Gasteiger partial charge in [0.05, 0.1) is 0 Å². The molecule has 3 heteroatoms. The highest BCUT2D eigenvalue weighted by Crippen LogP contribution is 2.29. The zero-order valence-corrected chi connectivity index (χ0v) is 7.48. The van der Waals surface area contributed by atoms with Gasteiger partial charge in [-0.25, -0.2) is 4.79 Å². The Balaban J connectivity index is 2.54. The summed E-state index contributed by atoms with van der Waals surface area (Å²) in [6.07, 6.45) is 7.77. The summed E-state index contributed by atoms with van der Waals surface area (Å²) in [5.41, 5.74) is 0. The molecule has 3 nitrogen and oxygen atoms in total. The Hall–Kier alpha value is -1.12. The summed E-state index contributed by atoms with van der Waals surface area (Å²) < 4.78 is 0. The largest absolute Gasteiger partial charge is 0.478 e. The molecular formula is C10H14O3. The summed E-state index contributed by atoms with van der Waals surface area (Å²) in [7, 11) is 0. The number of allylic oxidation sites excluding steroid dienone is 1. The lowest BCUT2D eigenvalue weighted by Gasteiger charge is -2.24. The molecule has 2 atom stereocenters. The molecule has 1 saturated carbocycles. The van der Waals surface area contributed by atoms with E-state index in [9.17, 15) is 9.59 Å². The van der Waals surface area contributed by atoms with Gasteiger partial charge in [0.25, 0.3) is 0 Å². The van der Waals surface area contributed by atoms with E-state index in [0.29, 0.717) is 0 Å². The van der Waals surface area contributed by atoms with E-state index in [1.807, 2.05) is 0 Å². The van der Waals surface area contributed by atoms with Gasteiger partial charge in [0.15, 0.2) is 0 Å². The average Bonchev–Trinajstić information content (AvgIpc) is 2.15. The van der Waals surface area contributed by atoms with Crippen molar-refractivity contribution < 1.29 is 14.7 Å². The second kappa shape index (κ2) is 4.80. The van der Waals surface area contributed by atoms with Gasteiger partial charge in [0, 0.05) is 12.0 Å². The number of carboxylic acid groups (broad SMARTS) is 1. The lowest BCUT2D eigenvalue weighted by Crippen LogP contribution is -2.18. The third-order valence-electron chi connectivity index (χ3n) is 2.54. The minimum absolute atomic E-state index is 0.0318. The fraction of sp³-hybridized carbons (Fsp3) is 0.600. The normalized spacial score (nSPS) is 28.9. The number of carboxylic acids is 1. The molecule has 0 spiro atoms. The molecule has 0 aromatic heterocycles. The van der Waals surface area contributed by atoms with Crippen molar-refractivity contribution in [3.8, 4) is 0 Å². The Morgan fingerprint density at radius 3 is 2.38 bits per heavy atom. The maximum atomic E-state index is 10.6. The summed E-state index contributed by atoms with van der Waals surface area (Å²) in [6, 6.07) is 0. The molecule has 1 fully saturated rings. The number of hydrogen-bond acceptors (Lipinski definition) is 2. The first-order chi connectivity index (χ1) is 6.24. The van der Waals surface area contributed by atoms with Crippen molar-refractivity contribution in [2.45, 2.75) is 25.7 Å². The number of aliphatic carboxylic acids is 1. The average molecular weight is 182 g/mol. The minimum Gasteiger partial charge on any atom is -0.478 e. The number of hydrogen-bond donors (Lipinski definition) is 1. The van der Waals surface area contributed by atoms with Gasteiger partial charge in [0.1, 0.15) is 6.29 Å². The topological polar surface area (TPSA) is 54.4 Å². The quantitative estimate of drug-likeness (QED) is 0.533. The molecule has 0 amide bonds. The van der Waals surface area contributed by atoms with Crippen LogP contribution in [0.2, 0.25) is 0 Å². The Morgan fingerprint density at radius 1 is 1.23 bits per heavy atom. The van der Waals surface area contributed by atoms with E-state index < -0.39 is 5.97 Å². The van der Waals surface area contributed by atoms with Crippen LogP contribution in [0.25, 0.3) is 0 Å². The van der Waals surface area contributed by atoms with Gasteiger partial charge in [-0.15, -0.1) is 0 Å². The van der Waals surface area contributed by atoms with Crippen molar-refractivity contribution in [2.24, 2.45) is 11.8 Å². The predicted octanol–water partition coefficient (Wildman–Crippen LogP) is 1.63. The predicted molar refractivity (Wildman–Crippen MR) is 48.3 cm³/mol. The highest BCUT2D eigenvalue weighted by Gasteiger charge is 2.22. The molecule has 0 saturated heterocycles. The molecule has 72 valence electrons. The van der Waals surface area contributed by atoms with Crippen LogP contribution < -0.4 is 0 Å². The first-order valence-corrected chi connectivity index (χ1v) is 4.60. The second-order valence-electron chi connectivity index (χ2n) is 3.45. The highest BCUT2D eigenvalue weighted by molar-refractivity contribution is 5.79. The van der Waals surface area contributed by atoms with Gasteiger partial charge in [-0.1, -0.05) is 18.9 Å². The maximum Gasteiger partial charge on any atom is 0.327 e. The first-order valence-electron chi connectivity index (χ1n) is 4.60. The Morgan fingerprint density at radius 2 is 1.85 bits per heavy atom. The zero-order valence-electron chi connectivity index (χ0n) is 7.48. The smallest absolute Gasteiger partial charge is 0.327 e. The van der Waals surface area contributed by atoms with Crippen molar-refractivity contribution in [1.82, 2.24) is 0 Å². The van der Waals surface area contributed by atoms with Crippen molar-refractivity contribution in [3.63, 3.8) is 0 Å². The number of aldehydes is 1. The number of carbonyl (C=O) groups excluding carboxylic acids is 1. The monoisotopic (exact) mass is 182 g/mol. The molecular weight excluding hydrogens is 168 g/mol. The fourth-order valence-electron chi connectivity index (χ4n) is 1.80. The Bertz CT molecular complexity index is 220. The van der Waals surface area contributed by atoms with Crippen molar-refractivity contribution >= 4 is 12.3 Å². The molecule has 0 aromatic rings. The van der Waals surface area contributed by atoms with Crippen LogP contribution in [-0.4, -0.2) is 17.4 Å². The van der Waals surface area contributed by atoms with Gasteiger partial charge < -0.3 is 9.90 Å². The van der Waals surface area contributed by atoms with E-state index >= 15 is 0 Å². The van der Waals surface area contributed by atoms with Crippen LogP contribution >= 0.6 is 0 Å². The summed E-state index contributed by atoms with van der Waals surface area (Å²) >= 11 is 0. The van der Waals surface area contributed by atoms with Crippen LogP contribution in [0.1, 0.15) is 25.7 Å². The second-order valence-corrected chi connectivity index (χ2v) is 3.45. The molecule has 1 aliphatic rings. The number of rotatable bonds is 3. The van der Waals surface area contributed by atoms with Gasteiger partial charge in [-0.05, 0) is 18.8 Å². The lowest BCUT2D eigenvalue weighted by atomic mass is 9.80. The van der Waals surface area contributed by atoms with Crippen LogP contribution in [0, 0.1) is 11.8 Å². The van der Waals surface area contributed by atoms with E-state index in [2.05, 4.69) is 0 Å².